The van der Waals surface area contributed by atoms with Gasteiger partial charge in [-0.1, -0.05) is 36.4 Å². The molecule has 2 saturated heterocycles. The van der Waals surface area contributed by atoms with E-state index >= 15 is 0 Å². The van der Waals surface area contributed by atoms with Crippen LogP contribution in [0, 0.1) is 0 Å². The van der Waals surface area contributed by atoms with Gasteiger partial charge in [0.2, 0.25) is 5.91 Å². The number of rotatable bonds is 7. The van der Waals surface area contributed by atoms with E-state index in [1.807, 2.05) is 55.5 Å². The van der Waals surface area contributed by atoms with Crippen molar-refractivity contribution in [3.63, 3.8) is 0 Å². The fourth-order valence-electron chi connectivity index (χ4n) is 4.31. The topological polar surface area (TPSA) is 69.2 Å². The first kappa shape index (κ1) is 22.1. The fourth-order valence-corrected chi connectivity index (χ4v) is 4.31. The molecule has 8 heteroatoms. The summed E-state index contributed by atoms with van der Waals surface area (Å²) in [4.78, 5) is 37.8. The minimum atomic E-state index is -0.347. The number of pyridine rings is 1. The van der Waals surface area contributed by atoms with Gasteiger partial charge in [-0.3, -0.25) is 9.69 Å². The smallest absolute Gasteiger partial charge is 0.410 e. The number of ether oxygens (including phenoxy) is 1. The standard InChI is InChI=1S/C24H31N5O3/c1-26(2)18-19-8-9-22(25-17-19)27-10-12-28(13-11-27)23(30)16-21(20-6-4-3-5-7-20)29-14-15-32-24(29)31/h3-9,17,21H,10-16,18H2,1-2H3. The Hall–Kier alpha value is -3.13. The molecule has 0 spiro atoms. The average Bonchev–Trinajstić information content (AvgIpc) is 3.23. The monoisotopic (exact) mass is 437 g/mol. The quantitative estimate of drug-likeness (QED) is 0.663. The van der Waals surface area contributed by atoms with Crippen LogP contribution in [0.5, 0.6) is 0 Å². The van der Waals surface area contributed by atoms with Gasteiger partial charge in [0.15, 0.2) is 0 Å². The zero-order valence-corrected chi connectivity index (χ0v) is 18.8. The molecule has 1 atom stereocenters. The van der Waals surface area contributed by atoms with Crippen molar-refractivity contribution in [3.8, 4) is 0 Å². The van der Waals surface area contributed by atoms with Gasteiger partial charge in [0.1, 0.15) is 12.4 Å². The van der Waals surface area contributed by atoms with Crippen LogP contribution in [0.2, 0.25) is 0 Å². The van der Waals surface area contributed by atoms with Crippen LogP contribution < -0.4 is 4.90 Å². The maximum Gasteiger partial charge on any atom is 0.410 e. The summed E-state index contributed by atoms with van der Waals surface area (Å²) in [6, 6.07) is 13.6. The molecule has 170 valence electrons. The second-order valence-corrected chi connectivity index (χ2v) is 8.57. The Morgan fingerprint density at radius 2 is 1.81 bits per heavy atom. The molecule has 2 aliphatic heterocycles. The molecular weight excluding hydrogens is 406 g/mol. The molecular formula is C24H31N5O3. The van der Waals surface area contributed by atoms with Crippen LogP contribution >= 0.6 is 0 Å². The van der Waals surface area contributed by atoms with Crippen LogP contribution in [0.25, 0.3) is 0 Å². The lowest BCUT2D eigenvalue weighted by Gasteiger charge is -2.36. The number of carbonyl (C=O) groups excluding carboxylic acids is 2. The van der Waals surface area contributed by atoms with E-state index in [1.165, 1.54) is 5.56 Å². The molecule has 2 aromatic rings. The third kappa shape index (κ3) is 5.19. The van der Waals surface area contributed by atoms with E-state index < -0.39 is 0 Å². The van der Waals surface area contributed by atoms with Crippen LogP contribution in [-0.2, 0) is 16.1 Å². The van der Waals surface area contributed by atoms with E-state index in [0.29, 0.717) is 26.2 Å². The molecule has 0 N–H and O–H groups in total. The third-order valence-electron chi connectivity index (χ3n) is 5.99. The number of amides is 2. The molecule has 2 amide bonds. The minimum Gasteiger partial charge on any atom is -0.448 e. The van der Waals surface area contributed by atoms with Crippen molar-refractivity contribution in [2.24, 2.45) is 0 Å². The predicted molar refractivity (Wildman–Crippen MR) is 122 cm³/mol. The van der Waals surface area contributed by atoms with E-state index in [-0.39, 0.29) is 24.5 Å². The van der Waals surface area contributed by atoms with Gasteiger partial charge in [-0.25, -0.2) is 9.78 Å². The highest BCUT2D eigenvalue weighted by Gasteiger charge is 2.34. The van der Waals surface area contributed by atoms with Crippen molar-refractivity contribution in [1.82, 2.24) is 19.7 Å². The molecule has 0 saturated carbocycles. The van der Waals surface area contributed by atoms with Crippen molar-refractivity contribution in [3.05, 3.63) is 59.8 Å². The van der Waals surface area contributed by atoms with E-state index in [1.54, 1.807) is 4.90 Å². The molecule has 4 rings (SSSR count). The maximum atomic E-state index is 13.1. The fraction of sp³-hybridized carbons (Fsp3) is 0.458. The normalized spacial score (nSPS) is 17.6. The average molecular weight is 438 g/mol. The summed E-state index contributed by atoms with van der Waals surface area (Å²) in [7, 11) is 4.08. The summed E-state index contributed by atoms with van der Waals surface area (Å²) >= 11 is 0. The number of carbonyl (C=O) groups is 2. The number of benzene rings is 1. The van der Waals surface area contributed by atoms with Crippen LogP contribution in [-0.4, -0.2) is 85.1 Å². The number of anilines is 1. The van der Waals surface area contributed by atoms with E-state index in [2.05, 4.69) is 26.9 Å². The summed E-state index contributed by atoms with van der Waals surface area (Å²) in [5.74, 6) is 1.01. The number of aromatic nitrogens is 1. The van der Waals surface area contributed by atoms with Gasteiger partial charge in [0.05, 0.1) is 19.0 Å². The molecule has 32 heavy (non-hydrogen) atoms. The highest BCUT2D eigenvalue weighted by atomic mass is 16.6. The number of piperazine rings is 1. The minimum absolute atomic E-state index is 0.0625. The number of nitrogens with zero attached hydrogens (tertiary/aromatic N) is 5. The van der Waals surface area contributed by atoms with Gasteiger partial charge < -0.3 is 19.4 Å². The molecule has 2 fully saturated rings. The van der Waals surface area contributed by atoms with Gasteiger partial charge >= 0.3 is 6.09 Å². The first-order valence-electron chi connectivity index (χ1n) is 11.1. The molecule has 2 aliphatic rings. The van der Waals surface area contributed by atoms with Crippen LogP contribution in [0.4, 0.5) is 10.6 Å². The SMILES string of the molecule is CN(C)Cc1ccc(N2CCN(C(=O)CC(c3ccccc3)N3CCOC3=O)CC2)nc1. The van der Waals surface area contributed by atoms with E-state index in [4.69, 9.17) is 4.74 Å². The van der Waals surface area contributed by atoms with E-state index in [9.17, 15) is 9.59 Å². The zero-order chi connectivity index (χ0) is 22.5. The van der Waals surface area contributed by atoms with E-state index in [0.717, 1.165) is 31.0 Å². The van der Waals surface area contributed by atoms with Crippen LogP contribution in [0.1, 0.15) is 23.6 Å². The Labute approximate surface area is 189 Å². The predicted octanol–water partition coefficient (Wildman–Crippen LogP) is 2.38. The molecule has 0 aliphatic carbocycles. The zero-order valence-electron chi connectivity index (χ0n) is 18.8. The molecule has 0 bridgehead atoms. The van der Waals surface area contributed by atoms with Gasteiger partial charge in [-0.05, 0) is 31.3 Å². The molecule has 1 aromatic carbocycles. The first-order chi connectivity index (χ1) is 15.5. The van der Waals surface area contributed by atoms with Crippen LogP contribution in [0.3, 0.4) is 0 Å². The Balaban J connectivity index is 1.36. The van der Waals surface area contributed by atoms with Crippen molar-refractivity contribution in [2.75, 3.05) is 58.3 Å². The Bertz CT molecular complexity index is 911. The first-order valence-corrected chi connectivity index (χ1v) is 11.1. The molecule has 1 aromatic heterocycles. The van der Waals surface area contributed by atoms with Crippen LogP contribution in [0.15, 0.2) is 48.7 Å². The lowest BCUT2D eigenvalue weighted by atomic mass is 10.0. The van der Waals surface area contributed by atoms with Crippen molar-refractivity contribution < 1.29 is 14.3 Å². The summed E-state index contributed by atoms with van der Waals surface area (Å²) in [6.45, 7) is 4.52. The van der Waals surface area contributed by atoms with Crippen molar-refractivity contribution >= 4 is 17.8 Å². The Morgan fingerprint density at radius 1 is 1.06 bits per heavy atom. The molecule has 0 radical (unpaired) electrons. The largest absolute Gasteiger partial charge is 0.448 e. The van der Waals surface area contributed by atoms with Gasteiger partial charge in [-0.2, -0.15) is 0 Å². The van der Waals surface area contributed by atoms with Gasteiger partial charge in [0, 0.05) is 38.9 Å². The van der Waals surface area contributed by atoms with Gasteiger partial charge in [0.25, 0.3) is 0 Å². The Morgan fingerprint density at radius 3 is 2.41 bits per heavy atom. The maximum absolute atomic E-state index is 13.1. The molecule has 1 unspecified atom stereocenters. The summed E-state index contributed by atoms with van der Waals surface area (Å²) in [5, 5.41) is 0. The third-order valence-corrected chi connectivity index (χ3v) is 5.99. The summed E-state index contributed by atoms with van der Waals surface area (Å²) in [6.07, 6.45) is 1.84. The number of hydrogen-bond donors (Lipinski definition) is 0. The number of hydrogen-bond acceptors (Lipinski definition) is 6. The summed E-state index contributed by atoms with van der Waals surface area (Å²) < 4.78 is 5.13. The van der Waals surface area contributed by atoms with Crippen molar-refractivity contribution in [2.45, 2.75) is 19.0 Å². The second kappa shape index (κ2) is 9.99. The molecule has 3 heterocycles. The number of cyclic esters (lactones) is 1. The second-order valence-electron chi connectivity index (χ2n) is 8.57. The van der Waals surface area contributed by atoms with Crippen molar-refractivity contribution in [1.29, 1.82) is 0 Å². The highest BCUT2D eigenvalue weighted by Crippen LogP contribution is 2.28. The summed E-state index contributed by atoms with van der Waals surface area (Å²) in [5.41, 5.74) is 2.14. The van der Waals surface area contributed by atoms with Gasteiger partial charge in [-0.15, -0.1) is 0 Å². The molecule has 8 nitrogen and oxygen atoms in total. The lowest BCUT2D eigenvalue weighted by molar-refractivity contribution is -0.132. The Kier molecular flexibility index (Phi) is 6.90. The highest BCUT2D eigenvalue weighted by molar-refractivity contribution is 5.79. The lowest BCUT2D eigenvalue weighted by Crippen LogP contribution is -2.49.